The lowest BCUT2D eigenvalue weighted by atomic mass is 9.91. The smallest absolute Gasteiger partial charge is 0.424 e. The molecule has 0 unspecified atom stereocenters. The van der Waals surface area contributed by atoms with Gasteiger partial charge < -0.3 is 10.0 Å². The third kappa shape index (κ3) is 2.86. The van der Waals surface area contributed by atoms with Crippen LogP contribution >= 0.6 is 0 Å². The number of hydrogen-bond acceptors (Lipinski definition) is 3. The van der Waals surface area contributed by atoms with Crippen molar-refractivity contribution in [3.63, 3.8) is 0 Å². The van der Waals surface area contributed by atoms with Crippen LogP contribution in [0, 0.1) is 6.92 Å². The molecule has 12 heavy (non-hydrogen) atoms. The van der Waals surface area contributed by atoms with Crippen molar-refractivity contribution in [3.8, 4) is 0 Å². The topological polar surface area (TPSA) is 53.4 Å². The van der Waals surface area contributed by atoms with Crippen LogP contribution in [0.4, 0.5) is 0 Å². The van der Waals surface area contributed by atoms with Crippen molar-refractivity contribution in [3.05, 3.63) is 35.6 Å². The van der Waals surface area contributed by atoms with Crippen LogP contribution in [0.5, 0.6) is 0 Å². The summed E-state index contributed by atoms with van der Waals surface area (Å²) >= 11 is 0. The molecule has 62 valence electrons. The van der Waals surface area contributed by atoms with Gasteiger partial charge >= 0.3 is 7.12 Å². The first-order chi connectivity index (χ1) is 5.68. The predicted molar refractivity (Wildman–Crippen MR) is 48.2 cm³/mol. The molecule has 0 amide bonds. The van der Waals surface area contributed by atoms with Crippen molar-refractivity contribution in [1.82, 2.24) is 4.98 Å². The average Bonchev–Trinajstić information content (AvgIpc) is 2.01. The zero-order valence-corrected chi connectivity index (χ0v) is 6.81. The summed E-state index contributed by atoms with van der Waals surface area (Å²) in [6.07, 6.45) is 5.02. The van der Waals surface area contributed by atoms with Crippen molar-refractivity contribution in [2.75, 3.05) is 0 Å². The molecule has 0 aliphatic rings. The summed E-state index contributed by atoms with van der Waals surface area (Å²) in [5, 5.41) is 17.1. The summed E-state index contributed by atoms with van der Waals surface area (Å²) in [6.45, 7) is 1.93. The monoisotopic (exact) mass is 163 g/mol. The highest BCUT2D eigenvalue weighted by atomic mass is 16.4. The Bertz CT molecular complexity index is 286. The van der Waals surface area contributed by atoms with Crippen LogP contribution in [-0.4, -0.2) is 22.2 Å². The Morgan fingerprint density at radius 2 is 2.17 bits per heavy atom. The molecule has 0 saturated heterocycles. The van der Waals surface area contributed by atoms with E-state index in [1.165, 1.54) is 5.98 Å². The van der Waals surface area contributed by atoms with Crippen LogP contribution in [0.15, 0.2) is 24.4 Å². The second kappa shape index (κ2) is 4.04. The SMILES string of the molecule is Cc1cncc(/C=C/B(O)O)c1. The van der Waals surface area contributed by atoms with Gasteiger partial charge in [0.1, 0.15) is 0 Å². The molecule has 0 bridgehead atoms. The van der Waals surface area contributed by atoms with Crippen molar-refractivity contribution in [2.45, 2.75) is 6.92 Å². The van der Waals surface area contributed by atoms with E-state index in [0.717, 1.165) is 11.1 Å². The molecule has 0 atom stereocenters. The maximum Gasteiger partial charge on any atom is 0.480 e. The van der Waals surface area contributed by atoms with Gasteiger partial charge in [-0.05, 0) is 24.1 Å². The number of nitrogens with zero attached hydrogens (tertiary/aromatic N) is 1. The van der Waals surface area contributed by atoms with Crippen molar-refractivity contribution >= 4 is 13.2 Å². The zero-order valence-electron chi connectivity index (χ0n) is 6.81. The molecule has 0 fully saturated rings. The van der Waals surface area contributed by atoms with Crippen LogP contribution in [0.1, 0.15) is 11.1 Å². The fraction of sp³-hybridized carbons (Fsp3) is 0.125. The maximum atomic E-state index is 8.53. The van der Waals surface area contributed by atoms with Crippen molar-refractivity contribution in [2.24, 2.45) is 0 Å². The normalized spacial score (nSPS) is 10.6. The van der Waals surface area contributed by atoms with Gasteiger partial charge in [0, 0.05) is 12.4 Å². The van der Waals surface area contributed by atoms with E-state index in [9.17, 15) is 0 Å². The molecule has 0 spiro atoms. The lowest BCUT2D eigenvalue weighted by Crippen LogP contribution is -2.05. The number of rotatable bonds is 2. The Morgan fingerprint density at radius 1 is 1.42 bits per heavy atom. The Morgan fingerprint density at radius 3 is 2.75 bits per heavy atom. The van der Waals surface area contributed by atoms with E-state index in [1.54, 1.807) is 18.5 Å². The molecule has 3 nitrogen and oxygen atoms in total. The second-order valence-electron chi connectivity index (χ2n) is 2.57. The van der Waals surface area contributed by atoms with Gasteiger partial charge in [-0.25, -0.2) is 0 Å². The number of hydrogen-bond donors (Lipinski definition) is 2. The first-order valence-electron chi connectivity index (χ1n) is 3.64. The number of pyridine rings is 1. The minimum Gasteiger partial charge on any atom is -0.424 e. The maximum absolute atomic E-state index is 8.53. The highest BCUT2D eigenvalue weighted by Crippen LogP contribution is 2.02. The molecule has 1 aromatic rings. The van der Waals surface area contributed by atoms with E-state index in [0.29, 0.717) is 0 Å². The first-order valence-corrected chi connectivity index (χ1v) is 3.64. The van der Waals surface area contributed by atoms with Gasteiger partial charge in [-0.3, -0.25) is 4.98 Å². The minimum atomic E-state index is -1.40. The average molecular weight is 163 g/mol. The van der Waals surface area contributed by atoms with E-state index >= 15 is 0 Å². The van der Waals surface area contributed by atoms with Crippen LogP contribution in [0.25, 0.3) is 6.08 Å². The molecule has 0 saturated carbocycles. The lowest BCUT2D eigenvalue weighted by Gasteiger charge is -1.94. The molecule has 1 rings (SSSR count). The van der Waals surface area contributed by atoms with Gasteiger partial charge in [0.2, 0.25) is 0 Å². The molecule has 4 heteroatoms. The van der Waals surface area contributed by atoms with Gasteiger partial charge in [0.15, 0.2) is 0 Å². The third-order valence-corrected chi connectivity index (χ3v) is 1.36. The Hall–Kier alpha value is -1.13. The highest BCUT2D eigenvalue weighted by molar-refractivity contribution is 6.48. The van der Waals surface area contributed by atoms with E-state index < -0.39 is 7.12 Å². The number of aryl methyl sites for hydroxylation is 1. The molecule has 0 aromatic carbocycles. The standard InChI is InChI=1S/C8H10BNO2/c1-7-4-8(6-10-5-7)2-3-9(11)12/h2-6,11-12H,1H3/b3-2+. The van der Waals surface area contributed by atoms with E-state index in [-0.39, 0.29) is 0 Å². The summed E-state index contributed by atoms with van der Waals surface area (Å²) in [6, 6.07) is 1.91. The van der Waals surface area contributed by atoms with Gasteiger partial charge in [0.05, 0.1) is 0 Å². The largest absolute Gasteiger partial charge is 0.480 e. The molecule has 0 aliphatic heterocycles. The Labute approximate surface area is 71.5 Å². The number of aromatic nitrogens is 1. The molecule has 0 aliphatic carbocycles. The van der Waals surface area contributed by atoms with Crippen LogP contribution in [0.3, 0.4) is 0 Å². The summed E-state index contributed by atoms with van der Waals surface area (Å²) in [5.74, 6) is 1.29. The molecule has 2 N–H and O–H groups in total. The molecule has 0 radical (unpaired) electrons. The second-order valence-corrected chi connectivity index (χ2v) is 2.57. The van der Waals surface area contributed by atoms with E-state index in [2.05, 4.69) is 4.98 Å². The molecular formula is C8H10BNO2. The Kier molecular flexibility index (Phi) is 3.02. The first kappa shape index (κ1) is 8.97. The summed E-state index contributed by atoms with van der Waals surface area (Å²) < 4.78 is 0. The fourth-order valence-corrected chi connectivity index (χ4v) is 0.867. The predicted octanol–water partition coefficient (Wildman–Crippen LogP) is 0.415. The summed E-state index contributed by atoms with van der Waals surface area (Å²) in [4.78, 5) is 3.95. The Balaban J connectivity index is 2.76. The van der Waals surface area contributed by atoms with E-state index in [4.69, 9.17) is 10.0 Å². The minimum absolute atomic E-state index is 0.864. The van der Waals surface area contributed by atoms with Gasteiger partial charge in [0.25, 0.3) is 0 Å². The summed E-state index contributed by atoms with van der Waals surface area (Å²) in [5.41, 5.74) is 1.91. The lowest BCUT2D eigenvalue weighted by molar-refractivity contribution is 0.424. The fourth-order valence-electron chi connectivity index (χ4n) is 0.867. The third-order valence-electron chi connectivity index (χ3n) is 1.36. The highest BCUT2D eigenvalue weighted by Gasteiger charge is 1.97. The van der Waals surface area contributed by atoms with Crippen LogP contribution < -0.4 is 0 Å². The quantitative estimate of drug-likeness (QED) is 0.621. The van der Waals surface area contributed by atoms with Crippen LogP contribution in [-0.2, 0) is 0 Å². The summed E-state index contributed by atoms with van der Waals surface area (Å²) in [7, 11) is -1.40. The van der Waals surface area contributed by atoms with E-state index in [1.807, 2.05) is 13.0 Å². The zero-order chi connectivity index (χ0) is 8.97. The van der Waals surface area contributed by atoms with Crippen molar-refractivity contribution in [1.29, 1.82) is 0 Å². The molecule has 1 aromatic heterocycles. The van der Waals surface area contributed by atoms with Gasteiger partial charge in [-0.2, -0.15) is 0 Å². The van der Waals surface area contributed by atoms with Gasteiger partial charge in [-0.1, -0.05) is 12.1 Å². The van der Waals surface area contributed by atoms with Crippen molar-refractivity contribution < 1.29 is 10.0 Å². The molecule has 1 heterocycles. The van der Waals surface area contributed by atoms with Gasteiger partial charge in [-0.15, -0.1) is 0 Å². The molecular weight excluding hydrogens is 153 g/mol. The van der Waals surface area contributed by atoms with Crippen LogP contribution in [0.2, 0.25) is 0 Å².